The molecule has 2 rings (SSSR count). The van der Waals surface area contributed by atoms with Gasteiger partial charge in [0.1, 0.15) is 0 Å². The summed E-state index contributed by atoms with van der Waals surface area (Å²) in [6.07, 6.45) is 6.86. The first-order chi connectivity index (χ1) is 9.72. The minimum Gasteiger partial charge on any atom is -0.339 e. The number of hydrogen-bond acceptors (Lipinski definition) is 2. The number of benzene rings is 1. The smallest absolute Gasteiger partial charge is 0.236 e. The Bertz CT molecular complexity index is 414. The molecule has 0 radical (unpaired) electrons. The zero-order valence-electron chi connectivity index (χ0n) is 12.3. The largest absolute Gasteiger partial charge is 0.339 e. The molecule has 1 unspecified atom stereocenters. The summed E-state index contributed by atoms with van der Waals surface area (Å²) < 4.78 is 0. The second-order valence-electron chi connectivity index (χ2n) is 5.62. The van der Waals surface area contributed by atoms with Crippen LogP contribution in [0.25, 0.3) is 0 Å². The van der Waals surface area contributed by atoms with E-state index in [0.717, 1.165) is 19.4 Å². The van der Waals surface area contributed by atoms with E-state index in [2.05, 4.69) is 36.6 Å². The van der Waals surface area contributed by atoms with Crippen molar-refractivity contribution in [2.24, 2.45) is 0 Å². The molecule has 2 nitrogen and oxygen atoms in total. The molecule has 0 spiro atoms. The van der Waals surface area contributed by atoms with Gasteiger partial charge >= 0.3 is 0 Å². The van der Waals surface area contributed by atoms with Crippen LogP contribution in [0.1, 0.15) is 44.6 Å². The Morgan fingerprint density at radius 1 is 1.25 bits per heavy atom. The maximum atomic E-state index is 12.6. The summed E-state index contributed by atoms with van der Waals surface area (Å²) >= 11 is 4.56. The lowest BCUT2D eigenvalue weighted by Gasteiger charge is -2.35. The summed E-state index contributed by atoms with van der Waals surface area (Å²) in [6.45, 7) is 2.88. The van der Waals surface area contributed by atoms with Crippen LogP contribution >= 0.6 is 12.6 Å². The molecule has 1 atom stereocenters. The first kappa shape index (κ1) is 15.4. The van der Waals surface area contributed by atoms with Crippen LogP contribution in [-0.2, 0) is 11.2 Å². The van der Waals surface area contributed by atoms with Crippen LogP contribution < -0.4 is 0 Å². The monoisotopic (exact) mass is 291 g/mol. The van der Waals surface area contributed by atoms with E-state index in [1.54, 1.807) is 0 Å². The average molecular weight is 291 g/mol. The fourth-order valence-corrected chi connectivity index (χ4v) is 3.46. The van der Waals surface area contributed by atoms with E-state index in [9.17, 15) is 4.79 Å². The van der Waals surface area contributed by atoms with Crippen molar-refractivity contribution >= 4 is 18.5 Å². The lowest BCUT2D eigenvalue weighted by Crippen LogP contribution is -2.45. The summed E-state index contributed by atoms with van der Waals surface area (Å²) in [4.78, 5) is 14.7. The molecule has 0 heterocycles. The van der Waals surface area contributed by atoms with Crippen molar-refractivity contribution in [2.45, 2.75) is 56.7 Å². The van der Waals surface area contributed by atoms with Crippen molar-refractivity contribution in [3.8, 4) is 0 Å². The van der Waals surface area contributed by atoms with Gasteiger partial charge in [-0.15, -0.1) is 0 Å². The van der Waals surface area contributed by atoms with Gasteiger partial charge in [0.2, 0.25) is 5.91 Å². The first-order valence-electron chi connectivity index (χ1n) is 7.75. The van der Waals surface area contributed by atoms with Crippen LogP contribution in [-0.4, -0.2) is 28.6 Å². The van der Waals surface area contributed by atoms with Gasteiger partial charge in [0, 0.05) is 12.6 Å². The zero-order valence-corrected chi connectivity index (χ0v) is 13.2. The van der Waals surface area contributed by atoms with Gasteiger partial charge < -0.3 is 4.90 Å². The highest BCUT2D eigenvalue weighted by atomic mass is 32.1. The number of carbonyl (C=O) groups excluding carboxylic acids is 1. The Morgan fingerprint density at radius 2 is 1.90 bits per heavy atom. The van der Waals surface area contributed by atoms with Crippen LogP contribution in [0.5, 0.6) is 0 Å². The van der Waals surface area contributed by atoms with Crippen molar-refractivity contribution in [1.29, 1.82) is 0 Å². The van der Waals surface area contributed by atoms with Crippen LogP contribution in [0, 0.1) is 0 Å². The predicted octanol–water partition coefficient (Wildman–Crippen LogP) is 3.71. The third-order valence-electron chi connectivity index (χ3n) is 4.20. The van der Waals surface area contributed by atoms with Crippen molar-refractivity contribution < 1.29 is 4.79 Å². The minimum atomic E-state index is -0.223. The quantitative estimate of drug-likeness (QED) is 0.820. The van der Waals surface area contributed by atoms with Crippen molar-refractivity contribution in [1.82, 2.24) is 4.90 Å². The molecule has 20 heavy (non-hydrogen) atoms. The van der Waals surface area contributed by atoms with Gasteiger partial charge in [-0.1, -0.05) is 49.6 Å². The number of carbonyl (C=O) groups is 1. The lowest BCUT2D eigenvalue weighted by molar-refractivity contribution is -0.133. The zero-order chi connectivity index (χ0) is 14.4. The molecule has 1 fully saturated rings. The van der Waals surface area contributed by atoms with Crippen molar-refractivity contribution in [3.63, 3.8) is 0 Å². The molecule has 0 saturated heterocycles. The van der Waals surface area contributed by atoms with E-state index in [0.29, 0.717) is 12.5 Å². The van der Waals surface area contributed by atoms with Crippen LogP contribution in [0.4, 0.5) is 0 Å². The molecular formula is C17H25NOS. The molecule has 1 aliphatic carbocycles. The Morgan fingerprint density at radius 3 is 2.50 bits per heavy atom. The third kappa shape index (κ3) is 4.02. The molecular weight excluding hydrogens is 266 g/mol. The second-order valence-corrected chi connectivity index (χ2v) is 6.24. The average Bonchev–Trinajstić information content (AvgIpc) is 2.50. The number of rotatable bonds is 5. The van der Waals surface area contributed by atoms with E-state index >= 15 is 0 Å². The van der Waals surface area contributed by atoms with Crippen molar-refractivity contribution in [2.75, 3.05) is 6.54 Å². The SMILES string of the molecule is CCN(C(=O)C(S)Cc1ccccc1)C1CCCCC1. The van der Waals surface area contributed by atoms with E-state index in [1.165, 1.54) is 24.8 Å². The highest BCUT2D eigenvalue weighted by Crippen LogP contribution is 2.24. The summed E-state index contributed by atoms with van der Waals surface area (Å²) in [6, 6.07) is 10.6. The number of nitrogens with zero attached hydrogens (tertiary/aromatic N) is 1. The van der Waals surface area contributed by atoms with Gasteiger partial charge in [-0.25, -0.2) is 0 Å². The van der Waals surface area contributed by atoms with E-state index in [-0.39, 0.29) is 11.2 Å². The van der Waals surface area contributed by atoms with Gasteiger partial charge in [-0.2, -0.15) is 12.6 Å². The van der Waals surface area contributed by atoms with Gasteiger partial charge in [-0.3, -0.25) is 4.79 Å². The predicted molar refractivity (Wildman–Crippen MR) is 87.2 cm³/mol. The van der Waals surface area contributed by atoms with E-state index in [4.69, 9.17) is 0 Å². The fourth-order valence-electron chi connectivity index (χ4n) is 3.10. The summed E-state index contributed by atoms with van der Waals surface area (Å²) in [5.41, 5.74) is 1.18. The molecule has 110 valence electrons. The van der Waals surface area contributed by atoms with Crippen molar-refractivity contribution in [3.05, 3.63) is 35.9 Å². The molecule has 0 bridgehead atoms. The van der Waals surface area contributed by atoms with Gasteiger partial charge in [0.25, 0.3) is 0 Å². The van der Waals surface area contributed by atoms with Crippen LogP contribution in [0.2, 0.25) is 0 Å². The third-order valence-corrected chi connectivity index (χ3v) is 4.60. The summed E-state index contributed by atoms with van der Waals surface area (Å²) in [7, 11) is 0. The first-order valence-corrected chi connectivity index (χ1v) is 8.26. The fraction of sp³-hybridized carbons (Fsp3) is 0.588. The Hall–Kier alpha value is -0.960. The lowest BCUT2D eigenvalue weighted by atomic mass is 9.93. The van der Waals surface area contributed by atoms with Crippen LogP contribution in [0.15, 0.2) is 30.3 Å². The normalized spacial score (nSPS) is 17.7. The van der Waals surface area contributed by atoms with E-state index in [1.807, 2.05) is 18.2 Å². The van der Waals surface area contributed by atoms with Crippen LogP contribution in [0.3, 0.4) is 0 Å². The van der Waals surface area contributed by atoms with Gasteiger partial charge in [0.05, 0.1) is 5.25 Å². The maximum Gasteiger partial charge on any atom is 0.236 e. The molecule has 1 aliphatic rings. The Kier molecular flexibility index (Phi) is 5.96. The summed E-state index contributed by atoms with van der Waals surface area (Å²) in [5, 5.41) is -0.223. The molecule has 0 aromatic heterocycles. The molecule has 0 N–H and O–H groups in total. The molecule has 1 saturated carbocycles. The molecule has 1 aromatic carbocycles. The topological polar surface area (TPSA) is 20.3 Å². The Balaban J connectivity index is 1.96. The second kappa shape index (κ2) is 7.72. The number of hydrogen-bond donors (Lipinski definition) is 1. The highest BCUT2D eigenvalue weighted by molar-refractivity contribution is 7.81. The van der Waals surface area contributed by atoms with E-state index < -0.39 is 0 Å². The number of amides is 1. The number of thiol groups is 1. The van der Waals surface area contributed by atoms with Gasteiger partial charge in [-0.05, 0) is 31.7 Å². The maximum absolute atomic E-state index is 12.6. The molecule has 3 heteroatoms. The minimum absolute atomic E-state index is 0.201. The molecule has 1 amide bonds. The highest BCUT2D eigenvalue weighted by Gasteiger charge is 2.27. The van der Waals surface area contributed by atoms with Gasteiger partial charge in [0.15, 0.2) is 0 Å². The standard InChI is InChI=1S/C17H25NOS/c1-2-18(15-11-7-4-8-12-15)17(19)16(20)13-14-9-5-3-6-10-14/h3,5-6,9-10,15-16,20H,2,4,7-8,11-13H2,1H3. The molecule has 1 aromatic rings. The summed E-state index contributed by atoms with van der Waals surface area (Å²) in [5.74, 6) is 0.201. The molecule has 0 aliphatic heterocycles. The Labute approximate surface area is 128 Å².